The normalized spacial score (nSPS) is 32.8. The van der Waals surface area contributed by atoms with E-state index in [0.29, 0.717) is 6.61 Å². The molecular weight excluding hydrogens is 250 g/mol. The molecule has 1 aliphatic heterocycles. The standard InChI is InChI=1S/C13H21NO3S/c1-5-17-12(15)11-9-6-7-10(8-9)14(11)18(16)13(2,3)4/h6-7,9-11H,5,8H2,1-4H3/t9-,10+,11+,18?/m0/s1. The van der Waals surface area contributed by atoms with E-state index in [2.05, 4.69) is 12.2 Å². The first-order valence-corrected chi connectivity index (χ1v) is 7.52. The zero-order valence-corrected chi connectivity index (χ0v) is 12.2. The van der Waals surface area contributed by atoms with E-state index in [1.54, 1.807) is 6.92 Å². The van der Waals surface area contributed by atoms with Gasteiger partial charge in [0.25, 0.3) is 0 Å². The molecule has 0 aromatic rings. The molecular formula is C13H21NO3S. The molecule has 4 atom stereocenters. The third kappa shape index (κ3) is 2.26. The molecule has 1 saturated heterocycles. The van der Waals surface area contributed by atoms with Gasteiger partial charge in [0.1, 0.15) is 17.0 Å². The average Bonchev–Trinajstić information content (AvgIpc) is 2.86. The number of carbonyl (C=O) groups excluding carboxylic acids is 1. The summed E-state index contributed by atoms with van der Waals surface area (Å²) in [5.41, 5.74) is 0. The Labute approximate surface area is 111 Å². The lowest BCUT2D eigenvalue weighted by molar-refractivity contribution is -0.147. The van der Waals surface area contributed by atoms with Crippen molar-refractivity contribution in [2.45, 2.75) is 50.9 Å². The summed E-state index contributed by atoms with van der Waals surface area (Å²) in [4.78, 5) is 12.0. The number of rotatable bonds is 3. The number of hydrogen-bond donors (Lipinski definition) is 0. The van der Waals surface area contributed by atoms with Gasteiger partial charge in [-0.05, 0) is 34.1 Å². The van der Waals surface area contributed by atoms with Gasteiger partial charge in [-0.1, -0.05) is 12.2 Å². The highest BCUT2D eigenvalue weighted by Gasteiger charge is 2.51. The molecule has 1 unspecified atom stereocenters. The maximum Gasteiger partial charge on any atom is 0.324 e. The van der Waals surface area contributed by atoms with Crippen LogP contribution < -0.4 is 0 Å². The van der Waals surface area contributed by atoms with Gasteiger partial charge < -0.3 is 4.74 Å². The van der Waals surface area contributed by atoms with Crippen LogP contribution in [0.1, 0.15) is 34.1 Å². The Balaban J connectivity index is 2.25. The lowest BCUT2D eigenvalue weighted by Gasteiger charge is -2.34. The zero-order valence-electron chi connectivity index (χ0n) is 11.4. The number of ether oxygens (including phenoxy) is 1. The number of hydrogen-bond acceptors (Lipinski definition) is 3. The second-order valence-corrected chi connectivity index (χ2v) is 7.91. The van der Waals surface area contributed by atoms with Crippen LogP contribution in [-0.4, -0.2) is 37.9 Å². The minimum absolute atomic E-state index is 0.115. The molecule has 4 nitrogen and oxygen atoms in total. The van der Waals surface area contributed by atoms with Crippen molar-refractivity contribution in [3.8, 4) is 0 Å². The first-order valence-electron chi connectivity index (χ1n) is 6.41. The Morgan fingerprint density at radius 1 is 1.44 bits per heavy atom. The summed E-state index contributed by atoms with van der Waals surface area (Å²) >= 11 is 0. The summed E-state index contributed by atoms with van der Waals surface area (Å²) in [7, 11) is -1.19. The molecule has 2 aliphatic rings. The number of nitrogens with zero attached hydrogens (tertiary/aromatic N) is 1. The van der Waals surface area contributed by atoms with Crippen LogP contribution in [-0.2, 0) is 20.5 Å². The molecule has 0 saturated carbocycles. The number of carbonyl (C=O) groups is 1. The summed E-state index contributed by atoms with van der Waals surface area (Å²) in [6.45, 7) is 7.96. The van der Waals surface area contributed by atoms with Gasteiger partial charge in [-0.25, -0.2) is 8.51 Å². The fourth-order valence-corrected chi connectivity index (χ4v) is 4.06. The number of esters is 1. The van der Waals surface area contributed by atoms with E-state index >= 15 is 0 Å². The van der Waals surface area contributed by atoms with Gasteiger partial charge in [0.15, 0.2) is 0 Å². The molecule has 18 heavy (non-hydrogen) atoms. The van der Waals surface area contributed by atoms with Crippen molar-refractivity contribution in [1.29, 1.82) is 0 Å². The Bertz CT molecular complexity index is 400. The van der Waals surface area contributed by atoms with Crippen LogP contribution in [0.5, 0.6) is 0 Å². The zero-order chi connectivity index (χ0) is 13.5. The predicted octanol–water partition coefficient (Wildman–Crippen LogP) is 1.64. The van der Waals surface area contributed by atoms with Crippen LogP contribution in [0.25, 0.3) is 0 Å². The van der Waals surface area contributed by atoms with Crippen molar-refractivity contribution in [1.82, 2.24) is 4.31 Å². The van der Waals surface area contributed by atoms with Gasteiger partial charge >= 0.3 is 5.97 Å². The highest BCUT2D eigenvalue weighted by Crippen LogP contribution is 2.40. The molecule has 1 aliphatic carbocycles. The van der Waals surface area contributed by atoms with E-state index in [0.717, 1.165) is 6.42 Å². The Kier molecular flexibility index (Phi) is 3.65. The topological polar surface area (TPSA) is 46.6 Å². The molecule has 0 aromatic heterocycles. The quantitative estimate of drug-likeness (QED) is 0.579. The molecule has 1 heterocycles. The SMILES string of the molecule is CCOC(=O)[C@H]1[C@H]2C=C[C@H](C2)N1S(=O)C(C)(C)C. The molecule has 0 N–H and O–H groups in total. The van der Waals surface area contributed by atoms with Gasteiger partial charge in [0.2, 0.25) is 0 Å². The second-order valence-electron chi connectivity index (χ2n) is 5.77. The Hall–Kier alpha value is -0.680. The second kappa shape index (κ2) is 4.78. The van der Waals surface area contributed by atoms with E-state index in [-0.39, 0.29) is 28.7 Å². The summed E-state index contributed by atoms with van der Waals surface area (Å²) in [6, 6.07) is -0.260. The third-order valence-corrected chi connectivity index (χ3v) is 5.27. The highest BCUT2D eigenvalue weighted by molar-refractivity contribution is 7.84. The first-order chi connectivity index (χ1) is 8.36. The van der Waals surface area contributed by atoms with Crippen LogP contribution in [0.2, 0.25) is 0 Å². The fourth-order valence-electron chi connectivity index (χ4n) is 2.57. The minimum atomic E-state index is -1.19. The molecule has 2 bridgehead atoms. The van der Waals surface area contributed by atoms with Crippen LogP contribution in [0.15, 0.2) is 12.2 Å². The molecule has 0 spiro atoms. The lowest BCUT2D eigenvalue weighted by atomic mass is 10.0. The molecule has 0 radical (unpaired) electrons. The van der Waals surface area contributed by atoms with Gasteiger partial charge in [0, 0.05) is 12.0 Å². The lowest BCUT2D eigenvalue weighted by Crippen LogP contribution is -2.50. The van der Waals surface area contributed by atoms with Crippen LogP contribution in [0, 0.1) is 5.92 Å². The fraction of sp³-hybridized carbons (Fsp3) is 0.769. The van der Waals surface area contributed by atoms with Crippen molar-refractivity contribution in [2.75, 3.05) is 6.61 Å². The van der Waals surface area contributed by atoms with Gasteiger partial charge in [-0.2, -0.15) is 0 Å². The largest absolute Gasteiger partial charge is 0.465 e. The van der Waals surface area contributed by atoms with Crippen LogP contribution in [0.4, 0.5) is 0 Å². The molecule has 0 amide bonds. The molecule has 2 rings (SSSR count). The summed E-state index contributed by atoms with van der Waals surface area (Å²) in [5.74, 6) is -0.0905. The molecule has 5 heteroatoms. The van der Waals surface area contributed by atoms with Crippen molar-refractivity contribution < 1.29 is 13.7 Å². The highest BCUT2D eigenvalue weighted by atomic mass is 32.2. The molecule has 0 aromatic carbocycles. The number of fused-ring (bicyclic) bond motifs is 2. The van der Waals surface area contributed by atoms with Gasteiger partial charge in [-0.15, -0.1) is 0 Å². The van der Waals surface area contributed by atoms with Crippen molar-refractivity contribution in [3.05, 3.63) is 12.2 Å². The monoisotopic (exact) mass is 271 g/mol. The van der Waals surface area contributed by atoms with Crippen molar-refractivity contribution in [2.24, 2.45) is 5.92 Å². The van der Waals surface area contributed by atoms with Crippen molar-refractivity contribution in [3.63, 3.8) is 0 Å². The predicted molar refractivity (Wildman–Crippen MR) is 71.2 cm³/mol. The van der Waals surface area contributed by atoms with E-state index in [9.17, 15) is 9.00 Å². The average molecular weight is 271 g/mol. The smallest absolute Gasteiger partial charge is 0.324 e. The maximum absolute atomic E-state index is 12.6. The van der Waals surface area contributed by atoms with E-state index in [1.807, 2.05) is 25.1 Å². The van der Waals surface area contributed by atoms with E-state index in [1.165, 1.54) is 0 Å². The summed E-state index contributed by atoms with van der Waals surface area (Å²) in [5, 5.41) is 0. The first kappa shape index (κ1) is 13.7. The Morgan fingerprint density at radius 3 is 2.67 bits per heavy atom. The minimum Gasteiger partial charge on any atom is -0.465 e. The van der Waals surface area contributed by atoms with Crippen LogP contribution in [0.3, 0.4) is 0 Å². The third-order valence-electron chi connectivity index (χ3n) is 3.34. The van der Waals surface area contributed by atoms with E-state index < -0.39 is 11.0 Å². The molecule has 1 fully saturated rings. The van der Waals surface area contributed by atoms with E-state index in [4.69, 9.17) is 4.74 Å². The summed E-state index contributed by atoms with van der Waals surface area (Å²) in [6.07, 6.45) is 5.00. The van der Waals surface area contributed by atoms with Crippen molar-refractivity contribution >= 4 is 17.0 Å². The summed E-state index contributed by atoms with van der Waals surface area (Å²) < 4.78 is 19.2. The maximum atomic E-state index is 12.6. The van der Waals surface area contributed by atoms with Gasteiger partial charge in [0.05, 0.1) is 11.4 Å². The van der Waals surface area contributed by atoms with Gasteiger partial charge in [-0.3, -0.25) is 4.79 Å². The molecule has 102 valence electrons. The van der Waals surface area contributed by atoms with Crippen LogP contribution >= 0.6 is 0 Å². The Morgan fingerprint density at radius 2 is 2.11 bits per heavy atom.